The Morgan fingerprint density at radius 2 is 1.84 bits per heavy atom. The lowest BCUT2D eigenvalue weighted by molar-refractivity contribution is -0.153. The highest BCUT2D eigenvalue weighted by Crippen LogP contribution is 2.32. The Labute approximate surface area is 184 Å². The number of fused-ring (bicyclic) bond motifs is 1. The maximum absolute atomic E-state index is 12.4. The van der Waals surface area contributed by atoms with E-state index in [2.05, 4.69) is 15.5 Å². The molecule has 0 spiro atoms. The number of ether oxygens (including phenoxy) is 3. The molecule has 32 heavy (non-hydrogen) atoms. The van der Waals surface area contributed by atoms with Crippen LogP contribution in [-0.4, -0.2) is 41.3 Å². The van der Waals surface area contributed by atoms with Gasteiger partial charge >= 0.3 is 5.97 Å². The summed E-state index contributed by atoms with van der Waals surface area (Å²) in [6.45, 7) is 4.44. The largest absolute Gasteiger partial charge is 0.486 e. The summed E-state index contributed by atoms with van der Waals surface area (Å²) in [7, 11) is 0. The van der Waals surface area contributed by atoms with Crippen molar-refractivity contribution >= 4 is 17.6 Å². The van der Waals surface area contributed by atoms with Crippen LogP contribution in [0.2, 0.25) is 0 Å². The molecule has 1 aliphatic heterocycles. The number of aryl methyl sites for hydroxylation is 2. The number of esters is 1. The second kappa shape index (κ2) is 9.51. The Bertz CT molecular complexity index is 1110. The van der Waals surface area contributed by atoms with E-state index in [0.29, 0.717) is 42.1 Å². The van der Waals surface area contributed by atoms with Crippen LogP contribution in [0.4, 0.5) is 5.69 Å². The number of aromatic nitrogens is 2. The topological polar surface area (TPSA) is 113 Å². The van der Waals surface area contributed by atoms with Crippen molar-refractivity contribution in [3.63, 3.8) is 0 Å². The lowest BCUT2D eigenvalue weighted by atomic mass is 10.1. The van der Waals surface area contributed by atoms with Crippen LogP contribution in [0.15, 0.2) is 47.0 Å². The van der Waals surface area contributed by atoms with E-state index >= 15 is 0 Å². The minimum atomic E-state index is -0.971. The molecule has 0 saturated heterocycles. The fourth-order valence-electron chi connectivity index (χ4n) is 3.06. The van der Waals surface area contributed by atoms with Crippen molar-refractivity contribution in [1.82, 2.24) is 10.1 Å². The van der Waals surface area contributed by atoms with Gasteiger partial charge in [-0.05, 0) is 26.0 Å². The molecular weight excluding hydrogens is 414 g/mol. The molecule has 4 rings (SSSR count). The Kier molecular flexibility index (Phi) is 6.34. The van der Waals surface area contributed by atoms with Gasteiger partial charge in [0.05, 0.1) is 6.42 Å². The maximum Gasteiger partial charge on any atom is 0.307 e. The molecule has 0 aliphatic carbocycles. The fraction of sp³-hybridized carbons (Fsp3) is 0.304. The minimum Gasteiger partial charge on any atom is -0.486 e. The Morgan fingerprint density at radius 1 is 1.09 bits per heavy atom. The molecule has 9 nitrogen and oxygen atoms in total. The standard InChI is InChI=1S/C23H23N3O6/c1-14-3-5-16(6-4-14)22-25-20(32-26-22)9-10-21(27)31-15(2)23(28)24-17-7-8-18-19(13-17)30-12-11-29-18/h3-8,13,15H,9-12H2,1-2H3,(H,24,28). The molecule has 2 aromatic carbocycles. The molecule has 1 aromatic heterocycles. The van der Waals surface area contributed by atoms with Crippen molar-refractivity contribution in [1.29, 1.82) is 0 Å². The second-order valence-corrected chi connectivity index (χ2v) is 7.36. The van der Waals surface area contributed by atoms with Gasteiger partial charge in [0.25, 0.3) is 5.91 Å². The van der Waals surface area contributed by atoms with E-state index in [1.165, 1.54) is 6.92 Å². The van der Waals surface area contributed by atoms with E-state index < -0.39 is 18.0 Å². The van der Waals surface area contributed by atoms with Gasteiger partial charge in [0.15, 0.2) is 17.6 Å². The molecule has 1 aliphatic rings. The molecule has 1 N–H and O–H groups in total. The summed E-state index contributed by atoms with van der Waals surface area (Å²) in [4.78, 5) is 28.8. The van der Waals surface area contributed by atoms with Crippen LogP contribution in [0.3, 0.4) is 0 Å². The highest BCUT2D eigenvalue weighted by molar-refractivity contribution is 5.95. The van der Waals surface area contributed by atoms with Gasteiger partial charge < -0.3 is 24.1 Å². The zero-order chi connectivity index (χ0) is 22.5. The van der Waals surface area contributed by atoms with Crippen molar-refractivity contribution in [2.45, 2.75) is 32.8 Å². The third-order valence-corrected chi connectivity index (χ3v) is 4.81. The van der Waals surface area contributed by atoms with Crippen molar-refractivity contribution in [3.05, 3.63) is 53.9 Å². The first-order valence-corrected chi connectivity index (χ1v) is 10.3. The molecule has 0 saturated carbocycles. The van der Waals surface area contributed by atoms with E-state index in [1.54, 1.807) is 18.2 Å². The second-order valence-electron chi connectivity index (χ2n) is 7.36. The number of rotatable bonds is 7. The number of nitrogens with zero attached hydrogens (tertiary/aromatic N) is 2. The van der Waals surface area contributed by atoms with E-state index in [1.807, 2.05) is 31.2 Å². The number of hydrogen-bond acceptors (Lipinski definition) is 8. The van der Waals surface area contributed by atoms with E-state index in [4.69, 9.17) is 18.7 Å². The number of amides is 1. The van der Waals surface area contributed by atoms with Crippen molar-refractivity contribution in [3.8, 4) is 22.9 Å². The summed E-state index contributed by atoms with van der Waals surface area (Å²) in [5.74, 6) is 0.981. The van der Waals surface area contributed by atoms with Gasteiger partial charge in [0.2, 0.25) is 11.7 Å². The fourth-order valence-corrected chi connectivity index (χ4v) is 3.06. The van der Waals surface area contributed by atoms with Gasteiger partial charge in [-0.15, -0.1) is 0 Å². The quantitative estimate of drug-likeness (QED) is 0.560. The lowest BCUT2D eigenvalue weighted by Gasteiger charge is -2.19. The number of nitrogens with one attached hydrogen (secondary N) is 1. The molecule has 9 heteroatoms. The molecule has 0 radical (unpaired) electrons. The predicted molar refractivity (Wildman–Crippen MR) is 114 cm³/mol. The normalized spacial score (nSPS) is 13.3. The van der Waals surface area contributed by atoms with Crippen LogP contribution in [0, 0.1) is 6.92 Å². The van der Waals surface area contributed by atoms with Gasteiger partial charge in [0.1, 0.15) is 13.2 Å². The van der Waals surface area contributed by atoms with Crippen LogP contribution < -0.4 is 14.8 Å². The molecule has 2 heterocycles. The number of carbonyl (C=O) groups is 2. The Hall–Kier alpha value is -3.88. The SMILES string of the molecule is Cc1ccc(-c2noc(CCC(=O)OC(C)C(=O)Nc3ccc4c(c3)OCCO4)n2)cc1. The summed E-state index contributed by atoms with van der Waals surface area (Å²) < 4.78 is 21.4. The van der Waals surface area contributed by atoms with Gasteiger partial charge in [-0.3, -0.25) is 9.59 Å². The van der Waals surface area contributed by atoms with Gasteiger partial charge in [0, 0.05) is 23.7 Å². The predicted octanol–water partition coefficient (Wildman–Crippen LogP) is 3.32. The summed E-state index contributed by atoms with van der Waals surface area (Å²) in [5.41, 5.74) is 2.49. The average molecular weight is 437 g/mol. The summed E-state index contributed by atoms with van der Waals surface area (Å²) in [5, 5.41) is 6.64. The molecule has 3 aromatic rings. The smallest absolute Gasteiger partial charge is 0.307 e. The first-order valence-electron chi connectivity index (χ1n) is 10.3. The van der Waals surface area contributed by atoms with Gasteiger partial charge in [-0.1, -0.05) is 35.0 Å². The first kappa shape index (κ1) is 21.4. The maximum atomic E-state index is 12.4. The minimum absolute atomic E-state index is 0.0111. The number of benzene rings is 2. The van der Waals surface area contributed by atoms with Crippen LogP contribution in [-0.2, 0) is 20.7 Å². The molecule has 1 atom stereocenters. The molecule has 0 fully saturated rings. The van der Waals surface area contributed by atoms with Crippen LogP contribution >= 0.6 is 0 Å². The Morgan fingerprint density at radius 3 is 2.62 bits per heavy atom. The highest BCUT2D eigenvalue weighted by atomic mass is 16.6. The molecule has 1 unspecified atom stereocenters. The molecular formula is C23H23N3O6. The monoisotopic (exact) mass is 437 g/mol. The van der Waals surface area contributed by atoms with Crippen molar-refractivity contribution in [2.75, 3.05) is 18.5 Å². The summed E-state index contributed by atoms with van der Waals surface area (Å²) in [6, 6.07) is 12.8. The van der Waals surface area contributed by atoms with Crippen LogP contribution in [0.5, 0.6) is 11.5 Å². The van der Waals surface area contributed by atoms with Gasteiger partial charge in [-0.2, -0.15) is 4.98 Å². The third kappa shape index (κ3) is 5.23. The van der Waals surface area contributed by atoms with Crippen LogP contribution in [0.25, 0.3) is 11.4 Å². The third-order valence-electron chi connectivity index (χ3n) is 4.81. The molecule has 166 valence electrons. The zero-order valence-electron chi connectivity index (χ0n) is 17.8. The van der Waals surface area contributed by atoms with Gasteiger partial charge in [-0.25, -0.2) is 0 Å². The lowest BCUT2D eigenvalue weighted by Crippen LogP contribution is -2.30. The Balaban J connectivity index is 1.26. The van der Waals surface area contributed by atoms with E-state index in [0.717, 1.165) is 11.1 Å². The van der Waals surface area contributed by atoms with E-state index in [-0.39, 0.29) is 12.8 Å². The highest BCUT2D eigenvalue weighted by Gasteiger charge is 2.20. The number of carbonyl (C=O) groups excluding carboxylic acids is 2. The molecule has 0 bridgehead atoms. The number of hydrogen-bond donors (Lipinski definition) is 1. The summed E-state index contributed by atoms with van der Waals surface area (Å²) in [6.07, 6.45) is -0.743. The van der Waals surface area contributed by atoms with E-state index in [9.17, 15) is 9.59 Å². The van der Waals surface area contributed by atoms with Crippen molar-refractivity contribution in [2.24, 2.45) is 0 Å². The zero-order valence-corrected chi connectivity index (χ0v) is 17.8. The number of anilines is 1. The first-order chi connectivity index (χ1) is 15.5. The molecule has 1 amide bonds. The average Bonchev–Trinajstić information content (AvgIpc) is 3.27. The van der Waals surface area contributed by atoms with Crippen LogP contribution in [0.1, 0.15) is 24.8 Å². The van der Waals surface area contributed by atoms with Crippen molar-refractivity contribution < 1.29 is 28.3 Å². The summed E-state index contributed by atoms with van der Waals surface area (Å²) >= 11 is 0.